The predicted octanol–water partition coefficient (Wildman–Crippen LogP) is 3.62. The lowest BCUT2D eigenvalue weighted by molar-refractivity contribution is 0.0950. The summed E-state index contributed by atoms with van der Waals surface area (Å²) in [4.78, 5) is 29.7. The lowest BCUT2D eigenvalue weighted by Gasteiger charge is -2.05. The van der Waals surface area contributed by atoms with Gasteiger partial charge < -0.3 is 10.1 Å². The Bertz CT molecular complexity index is 1310. The van der Waals surface area contributed by atoms with Crippen molar-refractivity contribution in [3.8, 4) is 28.3 Å². The first-order valence-electron chi connectivity index (χ1n) is 9.76. The molecule has 4 aromatic rings. The number of aromatic amines is 1. The molecule has 2 N–H and O–H groups in total. The zero-order valence-electron chi connectivity index (χ0n) is 16.7. The topological polar surface area (TPSA) is 97.0 Å². The molecule has 5 rings (SSSR count). The van der Waals surface area contributed by atoms with Gasteiger partial charge in [-0.15, -0.1) is 0 Å². The van der Waals surface area contributed by atoms with E-state index in [9.17, 15) is 9.59 Å². The Kier molecular flexibility index (Phi) is 4.55. The molecule has 1 aliphatic rings. The van der Waals surface area contributed by atoms with Crippen LogP contribution in [0.25, 0.3) is 22.5 Å². The molecule has 1 amide bonds. The quantitative estimate of drug-likeness (QED) is 0.461. The highest BCUT2D eigenvalue weighted by molar-refractivity contribution is 6.22. The molecule has 1 aromatic heterocycles. The Balaban J connectivity index is 1.29. The van der Waals surface area contributed by atoms with Crippen molar-refractivity contribution >= 4 is 11.7 Å². The molecule has 0 radical (unpaired) electrons. The maximum atomic E-state index is 12.7. The van der Waals surface area contributed by atoms with Crippen LogP contribution in [0.3, 0.4) is 0 Å². The number of aromatic nitrogens is 3. The molecule has 0 unspecified atom stereocenters. The highest BCUT2D eigenvalue weighted by Gasteiger charge is 2.27. The molecule has 0 saturated carbocycles. The van der Waals surface area contributed by atoms with E-state index in [4.69, 9.17) is 4.74 Å². The van der Waals surface area contributed by atoms with Crippen molar-refractivity contribution in [2.75, 3.05) is 7.11 Å². The summed E-state index contributed by atoms with van der Waals surface area (Å²) in [6, 6.07) is 20.1. The SMILES string of the molecule is COc1ccc(-c2n[nH]c(CNC(=O)c3ccc4c(c3)C(=O)c3ccccc3-4)n2)cc1. The number of fused-ring (bicyclic) bond motifs is 3. The molecule has 0 bridgehead atoms. The predicted molar refractivity (Wildman–Crippen MR) is 115 cm³/mol. The van der Waals surface area contributed by atoms with Crippen molar-refractivity contribution in [1.29, 1.82) is 0 Å². The molecule has 1 heterocycles. The van der Waals surface area contributed by atoms with Crippen molar-refractivity contribution < 1.29 is 14.3 Å². The Morgan fingerprint density at radius 3 is 2.48 bits per heavy atom. The highest BCUT2D eigenvalue weighted by Crippen LogP contribution is 2.36. The molecule has 0 saturated heterocycles. The van der Waals surface area contributed by atoms with Crippen LogP contribution in [-0.2, 0) is 6.54 Å². The second-order valence-electron chi connectivity index (χ2n) is 7.15. The summed E-state index contributed by atoms with van der Waals surface area (Å²) < 4.78 is 5.15. The number of hydrogen-bond acceptors (Lipinski definition) is 5. The Labute approximate surface area is 178 Å². The van der Waals surface area contributed by atoms with Crippen LogP contribution < -0.4 is 10.1 Å². The maximum Gasteiger partial charge on any atom is 0.251 e. The van der Waals surface area contributed by atoms with Gasteiger partial charge in [0.2, 0.25) is 0 Å². The average molecular weight is 410 g/mol. The van der Waals surface area contributed by atoms with Crippen molar-refractivity contribution in [2.24, 2.45) is 0 Å². The molecule has 152 valence electrons. The van der Waals surface area contributed by atoms with Gasteiger partial charge in [-0.25, -0.2) is 4.98 Å². The standard InChI is InChI=1S/C24H18N4O3/c1-31-16-9-6-14(7-10-16)23-26-21(27-28-23)13-25-24(30)15-8-11-18-17-4-2-3-5-19(17)22(29)20(18)12-15/h2-12H,13H2,1H3,(H,25,30)(H,26,27,28). The number of rotatable bonds is 5. The molecule has 31 heavy (non-hydrogen) atoms. The van der Waals surface area contributed by atoms with Crippen molar-refractivity contribution in [3.63, 3.8) is 0 Å². The van der Waals surface area contributed by atoms with Crippen LogP contribution >= 0.6 is 0 Å². The minimum atomic E-state index is -0.283. The molecule has 7 nitrogen and oxygen atoms in total. The monoisotopic (exact) mass is 410 g/mol. The summed E-state index contributed by atoms with van der Waals surface area (Å²) in [5, 5.41) is 9.86. The van der Waals surface area contributed by atoms with E-state index in [0.29, 0.717) is 28.3 Å². The Hall–Kier alpha value is -4.26. The number of carbonyl (C=O) groups is 2. The fraction of sp³-hybridized carbons (Fsp3) is 0.0833. The molecule has 0 aliphatic heterocycles. The molecule has 0 fully saturated rings. The fourth-order valence-electron chi connectivity index (χ4n) is 3.68. The number of amides is 1. The third-order valence-corrected chi connectivity index (χ3v) is 5.28. The molecular weight excluding hydrogens is 392 g/mol. The van der Waals surface area contributed by atoms with E-state index in [1.165, 1.54) is 0 Å². The molecule has 3 aromatic carbocycles. The van der Waals surface area contributed by atoms with E-state index in [-0.39, 0.29) is 18.2 Å². The van der Waals surface area contributed by atoms with Gasteiger partial charge in [-0.1, -0.05) is 30.3 Å². The molecule has 1 aliphatic carbocycles. The zero-order valence-corrected chi connectivity index (χ0v) is 16.7. The summed E-state index contributed by atoms with van der Waals surface area (Å²) in [5.41, 5.74) is 4.25. The molecule has 7 heteroatoms. The summed E-state index contributed by atoms with van der Waals surface area (Å²) in [7, 11) is 1.61. The lowest BCUT2D eigenvalue weighted by atomic mass is 10.0. The Morgan fingerprint density at radius 2 is 1.71 bits per heavy atom. The van der Waals surface area contributed by atoms with Gasteiger partial charge >= 0.3 is 0 Å². The number of carbonyl (C=O) groups excluding carboxylic acids is 2. The summed E-state index contributed by atoms with van der Waals surface area (Å²) >= 11 is 0. The molecule has 0 atom stereocenters. The van der Waals surface area contributed by atoms with Crippen LogP contribution in [0.1, 0.15) is 32.1 Å². The molecular formula is C24H18N4O3. The van der Waals surface area contributed by atoms with Gasteiger partial charge in [-0.05, 0) is 47.5 Å². The average Bonchev–Trinajstić information content (AvgIpc) is 3.41. The number of nitrogens with zero attached hydrogens (tertiary/aromatic N) is 2. The van der Waals surface area contributed by atoms with Crippen LogP contribution in [0.5, 0.6) is 5.75 Å². The van der Waals surface area contributed by atoms with E-state index in [2.05, 4.69) is 20.5 Å². The third kappa shape index (κ3) is 3.36. The van der Waals surface area contributed by atoms with Gasteiger partial charge in [0.25, 0.3) is 5.91 Å². The van der Waals surface area contributed by atoms with E-state index in [1.807, 2.05) is 54.6 Å². The summed E-state index contributed by atoms with van der Waals surface area (Å²) in [6.45, 7) is 0.188. The number of ether oxygens (including phenoxy) is 1. The first-order valence-corrected chi connectivity index (χ1v) is 9.76. The molecule has 0 spiro atoms. The number of H-pyrrole nitrogens is 1. The third-order valence-electron chi connectivity index (χ3n) is 5.28. The van der Waals surface area contributed by atoms with Gasteiger partial charge in [0, 0.05) is 22.3 Å². The van der Waals surface area contributed by atoms with Crippen LogP contribution in [0, 0.1) is 0 Å². The van der Waals surface area contributed by atoms with Gasteiger partial charge in [-0.3, -0.25) is 14.7 Å². The first-order chi connectivity index (χ1) is 15.1. The van der Waals surface area contributed by atoms with Crippen LogP contribution in [0.2, 0.25) is 0 Å². The summed E-state index contributed by atoms with van der Waals surface area (Å²) in [5.74, 6) is 1.48. The van der Waals surface area contributed by atoms with Crippen LogP contribution in [0.15, 0.2) is 66.7 Å². The number of ketones is 1. The number of methoxy groups -OCH3 is 1. The van der Waals surface area contributed by atoms with Gasteiger partial charge in [0.05, 0.1) is 13.7 Å². The Morgan fingerprint density at radius 1 is 0.968 bits per heavy atom. The van der Waals surface area contributed by atoms with E-state index in [0.717, 1.165) is 22.4 Å². The number of nitrogens with one attached hydrogen (secondary N) is 2. The van der Waals surface area contributed by atoms with Gasteiger partial charge in [0.15, 0.2) is 11.6 Å². The highest BCUT2D eigenvalue weighted by atomic mass is 16.5. The minimum absolute atomic E-state index is 0.0559. The maximum absolute atomic E-state index is 12.7. The fourth-order valence-corrected chi connectivity index (χ4v) is 3.68. The largest absolute Gasteiger partial charge is 0.497 e. The van der Waals surface area contributed by atoms with Crippen LogP contribution in [-0.4, -0.2) is 34.0 Å². The van der Waals surface area contributed by atoms with Gasteiger partial charge in [-0.2, -0.15) is 5.10 Å². The lowest BCUT2D eigenvalue weighted by Crippen LogP contribution is -2.23. The van der Waals surface area contributed by atoms with Gasteiger partial charge in [0.1, 0.15) is 11.6 Å². The number of benzene rings is 3. The smallest absolute Gasteiger partial charge is 0.251 e. The van der Waals surface area contributed by atoms with E-state index in [1.54, 1.807) is 19.2 Å². The zero-order chi connectivity index (χ0) is 21.4. The van der Waals surface area contributed by atoms with Crippen molar-refractivity contribution in [3.05, 3.63) is 89.2 Å². The second kappa shape index (κ2) is 7.53. The van der Waals surface area contributed by atoms with Crippen molar-refractivity contribution in [1.82, 2.24) is 20.5 Å². The van der Waals surface area contributed by atoms with Crippen molar-refractivity contribution in [2.45, 2.75) is 6.54 Å². The minimum Gasteiger partial charge on any atom is -0.497 e. The first kappa shape index (κ1) is 18.7. The van der Waals surface area contributed by atoms with E-state index < -0.39 is 0 Å². The number of hydrogen-bond donors (Lipinski definition) is 2. The normalized spacial score (nSPS) is 11.7. The van der Waals surface area contributed by atoms with Crippen LogP contribution in [0.4, 0.5) is 0 Å². The summed E-state index contributed by atoms with van der Waals surface area (Å²) in [6.07, 6.45) is 0. The van der Waals surface area contributed by atoms with E-state index >= 15 is 0 Å². The second-order valence-corrected chi connectivity index (χ2v) is 7.15.